The van der Waals surface area contributed by atoms with Crippen molar-refractivity contribution in [3.05, 3.63) is 35.6 Å². The fraction of sp³-hybridized carbons (Fsp3) is 0.571. The molecule has 0 bridgehead atoms. The number of hydrogen-bond acceptors (Lipinski definition) is 1. The molecule has 1 atom stereocenters. The van der Waals surface area contributed by atoms with E-state index < -0.39 is 0 Å². The Bertz CT molecular complexity index is 299. The highest BCUT2D eigenvalue weighted by Crippen LogP contribution is 2.07. The summed E-state index contributed by atoms with van der Waals surface area (Å²) in [6.07, 6.45) is 4.46. The number of halogens is 1. The molecule has 0 heterocycles. The van der Waals surface area contributed by atoms with Gasteiger partial charge in [0, 0.05) is 6.04 Å². The molecular weight excluding hydrogens is 201 g/mol. The van der Waals surface area contributed by atoms with Crippen LogP contribution in [-0.2, 0) is 6.42 Å². The van der Waals surface area contributed by atoms with Crippen molar-refractivity contribution >= 4 is 0 Å². The van der Waals surface area contributed by atoms with Crippen LogP contribution in [0.15, 0.2) is 24.3 Å². The molecule has 1 aromatic carbocycles. The lowest BCUT2D eigenvalue weighted by Crippen LogP contribution is -2.27. The zero-order valence-electron chi connectivity index (χ0n) is 10.3. The molecule has 0 saturated heterocycles. The van der Waals surface area contributed by atoms with Gasteiger partial charge in [0.15, 0.2) is 0 Å². The molecule has 1 nitrogen and oxygen atoms in total. The summed E-state index contributed by atoms with van der Waals surface area (Å²) < 4.78 is 12.9. The standard InChI is InChI=1S/C14H22FN/c1-3-4-10-16-12(2)8-9-13-6-5-7-14(15)11-13/h5-7,11-12,16H,3-4,8-10H2,1-2H3. The highest BCUT2D eigenvalue weighted by atomic mass is 19.1. The summed E-state index contributed by atoms with van der Waals surface area (Å²) in [5, 5.41) is 3.47. The highest BCUT2D eigenvalue weighted by Gasteiger charge is 2.02. The van der Waals surface area contributed by atoms with Gasteiger partial charge < -0.3 is 5.32 Å². The lowest BCUT2D eigenvalue weighted by molar-refractivity contribution is 0.503. The molecule has 0 spiro atoms. The van der Waals surface area contributed by atoms with Crippen LogP contribution in [0.4, 0.5) is 4.39 Å². The van der Waals surface area contributed by atoms with Gasteiger partial charge >= 0.3 is 0 Å². The first-order valence-electron chi connectivity index (χ1n) is 6.20. The molecule has 1 unspecified atom stereocenters. The predicted molar refractivity (Wildman–Crippen MR) is 67.1 cm³/mol. The molecule has 1 rings (SSSR count). The quantitative estimate of drug-likeness (QED) is 0.697. The van der Waals surface area contributed by atoms with E-state index in [1.54, 1.807) is 12.1 Å². The van der Waals surface area contributed by atoms with Crippen LogP contribution in [0.3, 0.4) is 0 Å². The number of rotatable bonds is 7. The van der Waals surface area contributed by atoms with Crippen LogP contribution in [0.5, 0.6) is 0 Å². The second-order valence-corrected chi connectivity index (χ2v) is 4.38. The van der Waals surface area contributed by atoms with Crippen molar-refractivity contribution in [3.63, 3.8) is 0 Å². The Kier molecular flexibility index (Phi) is 6.09. The van der Waals surface area contributed by atoms with Gasteiger partial charge in [-0.15, -0.1) is 0 Å². The van der Waals surface area contributed by atoms with Crippen molar-refractivity contribution in [1.29, 1.82) is 0 Å². The highest BCUT2D eigenvalue weighted by molar-refractivity contribution is 5.16. The fourth-order valence-corrected chi connectivity index (χ4v) is 1.70. The molecule has 16 heavy (non-hydrogen) atoms. The molecule has 0 saturated carbocycles. The number of hydrogen-bond donors (Lipinski definition) is 1. The summed E-state index contributed by atoms with van der Waals surface area (Å²) in [6.45, 7) is 5.47. The second kappa shape index (κ2) is 7.39. The Balaban J connectivity index is 2.23. The summed E-state index contributed by atoms with van der Waals surface area (Å²) in [7, 11) is 0. The lowest BCUT2D eigenvalue weighted by Gasteiger charge is -2.13. The van der Waals surface area contributed by atoms with Gasteiger partial charge in [-0.3, -0.25) is 0 Å². The summed E-state index contributed by atoms with van der Waals surface area (Å²) in [5.41, 5.74) is 1.09. The number of unbranched alkanes of at least 4 members (excludes halogenated alkanes) is 1. The molecule has 0 aliphatic rings. The van der Waals surface area contributed by atoms with E-state index in [0.717, 1.165) is 24.9 Å². The third-order valence-electron chi connectivity index (χ3n) is 2.78. The average Bonchev–Trinajstić information content (AvgIpc) is 2.27. The maximum atomic E-state index is 12.9. The molecule has 0 aromatic heterocycles. The van der Waals surface area contributed by atoms with Crippen LogP contribution >= 0.6 is 0 Å². The fourth-order valence-electron chi connectivity index (χ4n) is 1.70. The minimum atomic E-state index is -0.135. The summed E-state index contributed by atoms with van der Waals surface area (Å²) >= 11 is 0. The Morgan fingerprint density at radius 2 is 2.19 bits per heavy atom. The van der Waals surface area contributed by atoms with Gasteiger partial charge in [0.1, 0.15) is 5.82 Å². The van der Waals surface area contributed by atoms with Crippen molar-refractivity contribution in [2.75, 3.05) is 6.54 Å². The Labute approximate surface area is 98.1 Å². The summed E-state index contributed by atoms with van der Waals surface area (Å²) in [4.78, 5) is 0. The van der Waals surface area contributed by atoms with Crippen LogP contribution in [0.2, 0.25) is 0 Å². The van der Waals surface area contributed by atoms with Crippen molar-refractivity contribution in [2.24, 2.45) is 0 Å². The van der Waals surface area contributed by atoms with E-state index >= 15 is 0 Å². The van der Waals surface area contributed by atoms with E-state index in [4.69, 9.17) is 0 Å². The molecule has 0 aliphatic heterocycles. The third kappa shape index (κ3) is 5.26. The molecular formula is C14H22FN. The summed E-state index contributed by atoms with van der Waals surface area (Å²) in [5.74, 6) is -0.135. The average molecular weight is 223 g/mol. The van der Waals surface area contributed by atoms with Crippen LogP contribution in [0.1, 0.15) is 38.7 Å². The maximum Gasteiger partial charge on any atom is 0.123 e. The van der Waals surface area contributed by atoms with Crippen molar-refractivity contribution in [2.45, 2.75) is 45.6 Å². The largest absolute Gasteiger partial charge is 0.314 e. The zero-order chi connectivity index (χ0) is 11.8. The predicted octanol–water partition coefficient (Wildman–Crippen LogP) is 3.54. The van der Waals surface area contributed by atoms with Crippen LogP contribution in [-0.4, -0.2) is 12.6 Å². The molecule has 0 radical (unpaired) electrons. The van der Waals surface area contributed by atoms with Gasteiger partial charge in [-0.25, -0.2) is 4.39 Å². The van der Waals surface area contributed by atoms with Crippen LogP contribution in [0, 0.1) is 5.82 Å². The molecule has 90 valence electrons. The molecule has 1 N–H and O–H groups in total. The number of nitrogens with one attached hydrogen (secondary N) is 1. The Morgan fingerprint density at radius 3 is 2.88 bits per heavy atom. The monoisotopic (exact) mass is 223 g/mol. The van der Waals surface area contributed by atoms with E-state index in [2.05, 4.69) is 19.2 Å². The van der Waals surface area contributed by atoms with Gasteiger partial charge in [-0.05, 0) is 50.4 Å². The van der Waals surface area contributed by atoms with Crippen molar-refractivity contribution in [3.8, 4) is 0 Å². The topological polar surface area (TPSA) is 12.0 Å². The maximum absolute atomic E-state index is 12.9. The minimum Gasteiger partial charge on any atom is -0.314 e. The Hall–Kier alpha value is -0.890. The van der Waals surface area contributed by atoms with Gasteiger partial charge in [0.05, 0.1) is 0 Å². The van der Waals surface area contributed by atoms with Crippen LogP contribution in [0.25, 0.3) is 0 Å². The van der Waals surface area contributed by atoms with Crippen molar-refractivity contribution in [1.82, 2.24) is 5.32 Å². The molecule has 0 fully saturated rings. The van der Waals surface area contributed by atoms with Crippen LogP contribution < -0.4 is 5.32 Å². The summed E-state index contributed by atoms with van der Waals surface area (Å²) in [6, 6.07) is 7.39. The van der Waals surface area contributed by atoms with Gasteiger partial charge in [0.25, 0.3) is 0 Å². The van der Waals surface area contributed by atoms with E-state index in [1.807, 2.05) is 6.07 Å². The molecule has 0 amide bonds. The smallest absolute Gasteiger partial charge is 0.123 e. The molecule has 1 aromatic rings. The normalized spacial score (nSPS) is 12.7. The first-order valence-corrected chi connectivity index (χ1v) is 6.20. The first-order chi connectivity index (χ1) is 7.72. The molecule has 2 heteroatoms. The second-order valence-electron chi connectivity index (χ2n) is 4.38. The third-order valence-corrected chi connectivity index (χ3v) is 2.78. The number of aryl methyl sites for hydroxylation is 1. The Morgan fingerprint density at radius 1 is 1.38 bits per heavy atom. The van der Waals surface area contributed by atoms with Gasteiger partial charge in [-0.2, -0.15) is 0 Å². The lowest BCUT2D eigenvalue weighted by atomic mass is 10.1. The SMILES string of the molecule is CCCCNC(C)CCc1cccc(F)c1. The van der Waals surface area contributed by atoms with Gasteiger partial charge in [-0.1, -0.05) is 25.5 Å². The van der Waals surface area contributed by atoms with E-state index in [9.17, 15) is 4.39 Å². The first kappa shape index (κ1) is 13.2. The molecule has 0 aliphatic carbocycles. The zero-order valence-corrected chi connectivity index (χ0v) is 10.3. The van der Waals surface area contributed by atoms with E-state index in [0.29, 0.717) is 6.04 Å². The van der Waals surface area contributed by atoms with E-state index in [-0.39, 0.29) is 5.82 Å². The van der Waals surface area contributed by atoms with Gasteiger partial charge in [0.2, 0.25) is 0 Å². The minimum absolute atomic E-state index is 0.135. The number of benzene rings is 1. The van der Waals surface area contributed by atoms with Crippen molar-refractivity contribution < 1.29 is 4.39 Å². The van der Waals surface area contributed by atoms with E-state index in [1.165, 1.54) is 18.9 Å².